The van der Waals surface area contributed by atoms with E-state index in [1.807, 2.05) is 6.07 Å². The lowest BCUT2D eigenvalue weighted by Gasteiger charge is -2.47. The van der Waals surface area contributed by atoms with Crippen LogP contribution in [-0.2, 0) is 5.41 Å². The fourth-order valence-electron chi connectivity index (χ4n) is 4.73. The third kappa shape index (κ3) is 2.50. The van der Waals surface area contributed by atoms with E-state index in [9.17, 15) is 0 Å². The highest BCUT2D eigenvalue weighted by Crippen LogP contribution is 2.51. The van der Waals surface area contributed by atoms with Crippen molar-refractivity contribution >= 4 is 17.3 Å². The Morgan fingerprint density at radius 3 is 2.37 bits per heavy atom. The van der Waals surface area contributed by atoms with Gasteiger partial charge in [-0.3, -0.25) is 0 Å². The maximum atomic E-state index is 6.21. The molecule has 0 saturated heterocycles. The lowest BCUT2D eigenvalue weighted by atomic mass is 9.57. The van der Waals surface area contributed by atoms with Gasteiger partial charge >= 0.3 is 0 Å². The number of anilines is 1. The van der Waals surface area contributed by atoms with Crippen LogP contribution in [0.25, 0.3) is 0 Å². The van der Waals surface area contributed by atoms with Gasteiger partial charge in [-0.1, -0.05) is 31.5 Å². The zero-order valence-electron chi connectivity index (χ0n) is 12.0. The van der Waals surface area contributed by atoms with Crippen molar-refractivity contribution in [1.82, 2.24) is 0 Å². The zero-order valence-corrected chi connectivity index (χ0v) is 12.7. The van der Waals surface area contributed by atoms with Crippen LogP contribution in [0.5, 0.6) is 0 Å². The highest BCUT2D eigenvalue weighted by atomic mass is 35.5. The molecule has 2 aliphatic rings. The van der Waals surface area contributed by atoms with Crippen molar-refractivity contribution in [2.24, 2.45) is 17.8 Å². The Morgan fingerprint density at radius 1 is 1.16 bits per heavy atom. The molecule has 2 bridgehead atoms. The van der Waals surface area contributed by atoms with Crippen molar-refractivity contribution < 1.29 is 0 Å². The van der Waals surface area contributed by atoms with Gasteiger partial charge in [0.15, 0.2) is 0 Å². The quantitative estimate of drug-likeness (QED) is 0.716. The summed E-state index contributed by atoms with van der Waals surface area (Å²) in [6, 6.07) is 6.25. The van der Waals surface area contributed by atoms with Crippen LogP contribution in [0.1, 0.15) is 51.5 Å². The second-order valence-electron chi connectivity index (χ2n) is 7.25. The summed E-state index contributed by atoms with van der Waals surface area (Å²) in [5, 5.41) is 0.711. The van der Waals surface area contributed by atoms with E-state index in [0.717, 1.165) is 17.8 Å². The molecule has 0 radical (unpaired) electrons. The zero-order chi connectivity index (χ0) is 13.6. The molecular formula is C17H24ClN. The van der Waals surface area contributed by atoms with Crippen LogP contribution in [0.4, 0.5) is 5.69 Å². The number of nitrogen functional groups attached to an aromatic ring is 1. The highest BCUT2D eigenvalue weighted by molar-refractivity contribution is 6.33. The predicted molar refractivity (Wildman–Crippen MR) is 82.4 cm³/mol. The molecule has 0 amide bonds. The Labute approximate surface area is 121 Å². The van der Waals surface area contributed by atoms with Gasteiger partial charge in [-0.05, 0) is 73.0 Å². The van der Waals surface area contributed by atoms with E-state index < -0.39 is 0 Å². The normalized spacial score (nSPS) is 38.2. The molecule has 2 heteroatoms. The first-order valence-electron chi connectivity index (χ1n) is 7.52. The van der Waals surface area contributed by atoms with Crippen molar-refractivity contribution in [3.8, 4) is 0 Å². The van der Waals surface area contributed by atoms with Gasteiger partial charge in [-0.25, -0.2) is 0 Å². The van der Waals surface area contributed by atoms with Gasteiger partial charge in [0.1, 0.15) is 0 Å². The van der Waals surface area contributed by atoms with Gasteiger partial charge in [-0.15, -0.1) is 0 Å². The molecule has 104 valence electrons. The Hall–Kier alpha value is -0.690. The van der Waals surface area contributed by atoms with Crippen molar-refractivity contribution in [2.45, 2.75) is 51.4 Å². The number of benzene rings is 1. The summed E-state index contributed by atoms with van der Waals surface area (Å²) in [6.07, 6.45) is 6.90. The Balaban J connectivity index is 1.89. The van der Waals surface area contributed by atoms with Crippen LogP contribution in [0, 0.1) is 17.8 Å². The summed E-state index contributed by atoms with van der Waals surface area (Å²) >= 11 is 6.21. The molecule has 2 atom stereocenters. The number of nitrogens with two attached hydrogens (primary N) is 1. The Kier molecular flexibility index (Phi) is 3.29. The minimum Gasteiger partial charge on any atom is -0.398 e. The van der Waals surface area contributed by atoms with Crippen molar-refractivity contribution in [2.75, 3.05) is 5.73 Å². The number of halogens is 1. The molecule has 1 aromatic carbocycles. The largest absolute Gasteiger partial charge is 0.398 e. The topological polar surface area (TPSA) is 26.0 Å². The SMILES string of the molecule is CC1CC2CC(C1)CC(C)(c1ccc(N)c(Cl)c1)C2. The minimum atomic E-state index is 0.297. The van der Waals surface area contributed by atoms with Gasteiger partial charge in [0.2, 0.25) is 0 Å². The molecule has 2 fully saturated rings. The lowest BCUT2D eigenvalue weighted by molar-refractivity contribution is 0.0899. The molecule has 0 aromatic heterocycles. The Bertz CT molecular complexity index is 464. The molecule has 1 aromatic rings. The third-order valence-electron chi connectivity index (χ3n) is 5.31. The van der Waals surface area contributed by atoms with E-state index in [4.69, 9.17) is 17.3 Å². The smallest absolute Gasteiger partial charge is 0.0638 e. The van der Waals surface area contributed by atoms with E-state index in [0.29, 0.717) is 16.1 Å². The standard InChI is InChI=1S/C17H24ClN/c1-11-5-12-7-13(6-11)10-17(2,9-12)14-3-4-16(19)15(18)8-14/h3-4,8,11-13H,5-7,9-10,19H2,1-2H3. The number of fused-ring (bicyclic) bond motifs is 2. The van der Waals surface area contributed by atoms with E-state index in [1.165, 1.54) is 37.7 Å². The molecule has 19 heavy (non-hydrogen) atoms. The summed E-state index contributed by atoms with van der Waals surface area (Å²) in [4.78, 5) is 0. The van der Waals surface area contributed by atoms with Crippen molar-refractivity contribution in [3.05, 3.63) is 28.8 Å². The van der Waals surface area contributed by atoms with E-state index in [2.05, 4.69) is 26.0 Å². The molecule has 0 aliphatic heterocycles. The maximum absolute atomic E-state index is 6.21. The summed E-state index contributed by atoms with van der Waals surface area (Å²) in [6.45, 7) is 4.84. The second-order valence-corrected chi connectivity index (χ2v) is 7.66. The van der Waals surface area contributed by atoms with E-state index >= 15 is 0 Å². The molecule has 2 unspecified atom stereocenters. The van der Waals surface area contributed by atoms with Crippen LogP contribution in [0.3, 0.4) is 0 Å². The van der Waals surface area contributed by atoms with Gasteiger partial charge in [0.25, 0.3) is 0 Å². The second kappa shape index (κ2) is 4.70. The number of rotatable bonds is 1. The monoisotopic (exact) mass is 277 g/mol. The van der Waals surface area contributed by atoms with Crippen LogP contribution >= 0.6 is 11.6 Å². The summed E-state index contributed by atoms with van der Waals surface area (Å²) < 4.78 is 0. The third-order valence-corrected chi connectivity index (χ3v) is 5.64. The summed E-state index contributed by atoms with van der Waals surface area (Å²) in [7, 11) is 0. The molecule has 0 spiro atoms. The van der Waals surface area contributed by atoms with Gasteiger partial charge in [0, 0.05) is 0 Å². The number of hydrogen-bond acceptors (Lipinski definition) is 1. The van der Waals surface area contributed by atoms with Crippen LogP contribution in [0.2, 0.25) is 5.02 Å². The van der Waals surface area contributed by atoms with Gasteiger partial charge < -0.3 is 5.73 Å². The number of hydrogen-bond donors (Lipinski definition) is 1. The molecule has 2 saturated carbocycles. The average Bonchev–Trinajstić information content (AvgIpc) is 2.30. The average molecular weight is 278 g/mol. The van der Waals surface area contributed by atoms with Gasteiger partial charge in [0.05, 0.1) is 10.7 Å². The Morgan fingerprint density at radius 2 is 1.79 bits per heavy atom. The summed E-state index contributed by atoms with van der Waals surface area (Å²) in [5.41, 5.74) is 8.21. The molecule has 2 N–H and O–H groups in total. The van der Waals surface area contributed by atoms with Crippen molar-refractivity contribution in [3.63, 3.8) is 0 Å². The fourth-order valence-corrected chi connectivity index (χ4v) is 4.91. The maximum Gasteiger partial charge on any atom is 0.0638 e. The van der Waals surface area contributed by atoms with Crippen LogP contribution in [0.15, 0.2) is 18.2 Å². The molecule has 1 nitrogen and oxygen atoms in total. The minimum absolute atomic E-state index is 0.297. The first-order valence-corrected chi connectivity index (χ1v) is 7.89. The van der Waals surface area contributed by atoms with Crippen LogP contribution < -0.4 is 5.73 Å². The molecule has 2 aliphatic carbocycles. The summed E-state index contributed by atoms with van der Waals surface area (Å²) in [5.74, 6) is 2.73. The van der Waals surface area contributed by atoms with Crippen LogP contribution in [-0.4, -0.2) is 0 Å². The fraction of sp³-hybridized carbons (Fsp3) is 0.647. The predicted octanol–water partition coefficient (Wildman–Crippen LogP) is 5.03. The molecule has 0 heterocycles. The highest BCUT2D eigenvalue weighted by Gasteiger charge is 2.41. The lowest BCUT2D eigenvalue weighted by Crippen LogP contribution is -2.38. The van der Waals surface area contributed by atoms with E-state index in [-0.39, 0.29) is 0 Å². The molecular weight excluding hydrogens is 254 g/mol. The van der Waals surface area contributed by atoms with E-state index in [1.54, 1.807) is 0 Å². The first kappa shape index (κ1) is 13.3. The van der Waals surface area contributed by atoms with Gasteiger partial charge in [-0.2, -0.15) is 0 Å². The molecule has 3 rings (SSSR count). The first-order chi connectivity index (χ1) is 8.96. The van der Waals surface area contributed by atoms with Crippen molar-refractivity contribution in [1.29, 1.82) is 0 Å².